The van der Waals surface area contributed by atoms with Crippen molar-refractivity contribution in [2.75, 3.05) is 38.8 Å². The van der Waals surface area contributed by atoms with Crippen LogP contribution in [0.1, 0.15) is 31.9 Å². The number of nitrogens with one attached hydrogen (secondary N) is 1. The molecule has 0 radical (unpaired) electrons. The van der Waals surface area contributed by atoms with Gasteiger partial charge in [-0.1, -0.05) is 0 Å². The molecule has 0 spiro atoms. The predicted molar refractivity (Wildman–Crippen MR) is 77.7 cm³/mol. The quantitative estimate of drug-likeness (QED) is 0.627. The summed E-state index contributed by atoms with van der Waals surface area (Å²) in [7, 11) is 1.74. The van der Waals surface area contributed by atoms with Crippen molar-refractivity contribution < 1.29 is 9.47 Å². The van der Waals surface area contributed by atoms with Crippen molar-refractivity contribution >= 4 is 5.95 Å². The number of aryl methyl sites for hydroxylation is 2. The molecule has 0 bridgehead atoms. The number of unbranched alkanes of at least 4 members (excludes halogenated alkanes) is 1. The van der Waals surface area contributed by atoms with Gasteiger partial charge in [0.25, 0.3) is 0 Å². The molecule has 0 aliphatic heterocycles. The van der Waals surface area contributed by atoms with Gasteiger partial charge in [0, 0.05) is 46.2 Å². The fraction of sp³-hybridized carbons (Fsp3) is 0.786. The summed E-state index contributed by atoms with van der Waals surface area (Å²) in [5, 5.41) is 3.37. The van der Waals surface area contributed by atoms with E-state index in [4.69, 9.17) is 9.47 Å². The lowest BCUT2D eigenvalue weighted by molar-refractivity contribution is 0.147. The van der Waals surface area contributed by atoms with Crippen LogP contribution in [0, 0.1) is 6.92 Å². The molecule has 1 aromatic rings. The molecule has 19 heavy (non-hydrogen) atoms. The van der Waals surface area contributed by atoms with Crippen molar-refractivity contribution in [1.82, 2.24) is 9.55 Å². The summed E-state index contributed by atoms with van der Waals surface area (Å²) in [4.78, 5) is 4.51. The van der Waals surface area contributed by atoms with E-state index in [0.717, 1.165) is 63.8 Å². The average Bonchev–Trinajstić information content (AvgIpc) is 2.75. The molecule has 0 saturated heterocycles. The van der Waals surface area contributed by atoms with E-state index in [2.05, 4.69) is 21.1 Å². The Balaban J connectivity index is 2.31. The Morgan fingerprint density at radius 1 is 1.26 bits per heavy atom. The van der Waals surface area contributed by atoms with Crippen LogP contribution in [0.5, 0.6) is 0 Å². The Hall–Kier alpha value is -1.07. The fourth-order valence-corrected chi connectivity index (χ4v) is 1.91. The zero-order chi connectivity index (χ0) is 13.9. The second-order valence-electron chi connectivity index (χ2n) is 4.58. The van der Waals surface area contributed by atoms with Gasteiger partial charge in [0.05, 0.1) is 5.69 Å². The molecule has 0 aromatic carbocycles. The minimum atomic E-state index is 0.785. The highest BCUT2D eigenvalue weighted by atomic mass is 16.5. The molecule has 0 unspecified atom stereocenters. The molecule has 5 heteroatoms. The maximum atomic E-state index is 5.32. The molecule has 1 heterocycles. The van der Waals surface area contributed by atoms with Crippen molar-refractivity contribution in [1.29, 1.82) is 0 Å². The number of anilines is 1. The van der Waals surface area contributed by atoms with Gasteiger partial charge in [0.1, 0.15) is 0 Å². The van der Waals surface area contributed by atoms with Crippen LogP contribution in [-0.4, -0.2) is 43.0 Å². The van der Waals surface area contributed by atoms with Crippen LogP contribution >= 0.6 is 0 Å². The number of aromatic nitrogens is 2. The molecule has 1 N–H and O–H groups in total. The second-order valence-corrected chi connectivity index (χ2v) is 4.58. The lowest BCUT2D eigenvalue weighted by atomic mass is 10.3. The summed E-state index contributed by atoms with van der Waals surface area (Å²) in [6.07, 6.45) is 5.29. The number of hydrogen-bond donors (Lipinski definition) is 1. The number of ether oxygens (including phenoxy) is 2. The van der Waals surface area contributed by atoms with Crippen LogP contribution in [0.4, 0.5) is 5.95 Å². The first-order valence-corrected chi connectivity index (χ1v) is 7.12. The highest BCUT2D eigenvalue weighted by Crippen LogP contribution is 2.10. The fourth-order valence-electron chi connectivity index (χ4n) is 1.91. The van der Waals surface area contributed by atoms with E-state index >= 15 is 0 Å². The number of methoxy groups -OCH3 is 1. The van der Waals surface area contributed by atoms with Crippen molar-refractivity contribution in [2.45, 2.75) is 39.7 Å². The summed E-state index contributed by atoms with van der Waals surface area (Å²) >= 11 is 0. The van der Waals surface area contributed by atoms with Crippen molar-refractivity contribution in [3.63, 3.8) is 0 Å². The number of imidazole rings is 1. The van der Waals surface area contributed by atoms with Gasteiger partial charge in [0.2, 0.25) is 5.95 Å². The Morgan fingerprint density at radius 2 is 2.11 bits per heavy atom. The summed E-state index contributed by atoms with van der Waals surface area (Å²) in [5.74, 6) is 0.964. The zero-order valence-corrected chi connectivity index (χ0v) is 12.4. The van der Waals surface area contributed by atoms with Crippen molar-refractivity contribution in [2.24, 2.45) is 0 Å². The van der Waals surface area contributed by atoms with Crippen LogP contribution in [0.25, 0.3) is 0 Å². The van der Waals surface area contributed by atoms with Gasteiger partial charge >= 0.3 is 0 Å². The first-order chi connectivity index (χ1) is 9.27. The monoisotopic (exact) mass is 269 g/mol. The van der Waals surface area contributed by atoms with Crippen LogP contribution in [0.3, 0.4) is 0 Å². The molecule has 0 aliphatic carbocycles. The Labute approximate surface area is 116 Å². The van der Waals surface area contributed by atoms with Crippen LogP contribution in [0.15, 0.2) is 6.20 Å². The van der Waals surface area contributed by atoms with Crippen LogP contribution in [0.2, 0.25) is 0 Å². The van der Waals surface area contributed by atoms with E-state index in [9.17, 15) is 0 Å². The largest absolute Gasteiger partial charge is 0.385 e. The van der Waals surface area contributed by atoms with E-state index in [1.165, 1.54) is 0 Å². The highest BCUT2D eigenvalue weighted by molar-refractivity contribution is 5.28. The topological polar surface area (TPSA) is 48.3 Å². The summed E-state index contributed by atoms with van der Waals surface area (Å²) < 4.78 is 12.6. The number of hydrogen-bond acceptors (Lipinski definition) is 4. The third kappa shape index (κ3) is 6.59. The average molecular weight is 269 g/mol. The van der Waals surface area contributed by atoms with Crippen molar-refractivity contribution in [3.8, 4) is 0 Å². The van der Waals surface area contributed by atoms with Gasteiger partial charge in [-0.25, -0.2) is 4.98 Å². The number of rotatable bonds is 11. The Morgan fingerprint density at radius 3 is 2.84 bits per heavy atom. The SMILES string of the molecule is CCOCCCNc1nc(C)cn1CCCCOC. The zero-order valence-electron chi connectivity index (χ0n) is 12.4. The predicted octanol–water partition coefficient (Wildman–Crippen LogP) is 2.46. The van der Waals surface area contributed by atoms with E-state index < -0.39 is 0 Å². The van der Waals surface area contributed by atoms with Crippen molar-refractivity contribution in [3.05, 3.63) is 11.9 Å². The molecule has 0 saturated carbocycles. The lowest BCUT2D eigenvalue weighted by Crippen LogP contribution is -2.11. The lowest BCUT2D eigenvalue weighted by Gasteiger charge is -2.09. The van der Waals surface area contributed by atoms with E-state index in [0.29, 0.717) is 0 Å². The van der Waals surface area contributed by atoms with Gasteiger partial charge in [-0.15, -0.1) is 0 Å². The molecule has 0 aliphatic rings. The minimum absolute atomic E-state index is 0.785. The molecular formula is C14H27N3O2. The smallest absolute Gasteiger partial charge is 0.203 e. The van der Waals surface area contributed by atoms with Gasteiger partial charge in [-0.05, 0) is 33.1 Å². The van der Waals surface area contributed by atoms with E-state index in [1.807, 2.05) is 13.8 Å². The molecule has 0 atom stereocenters. The van der Waals surface area contributed by atoms with E-state index in [1.54, 1.807) is 7.11 Å². The van der Waals surface area contributed by atoms with Gasteiger partial charge in [-0.2, -0.15) is 0 Å². The van der Waals surface area contributed by atoms with Gasteiger partial charge in [-0.3, -0.25) is 0 Å². The Kier molecular flexibility index (Phi) is 8.25. The molecule has 1 aromatic heterocycles. The minimum Gasteiger partial charge on any atom is -0.385 e. The molecular weight excluding hydrogens is 242 g/mol. The molecule has 1 rings (SSSR count). The third-order valence-electron chi connectivity index (χ3n) is 2.85. The van der Waals surface area contributed by atoms with Gasteiger partial charge in [0.15, 0.2) is 0 Å². The molecule has 5 nitrogen and oxygen atoms in total. The molecule has 110 valence electrons. The van der Waals surface area contributed by atoms with Gasteiger partial charge < -0.3 is 19.4 Å². The van der Waals surface area contributed by atoms with Crippen LogP contribution < -0.4 is 5.32 Å². The molecule has 0 amide bonds. The first-order valence-electron chi connectivity index (χ1n) is 7.12. The third-order valence-corrected chi connectivity index (χ3v) is 2.85. The van der Waals surface area contributed by atoms with E-state index in [-0.39, 0.29) is 0 Å². The maximum Gasteiger partial charge on any atom is 0.203 e. The normalized spacial score (nSPS) is 10.9. The second kappa shape index (κ2) is 9.81. The Bertz CT molecular complexity index is 339. The maximum absolute atomic E-state index is 5.32. The highest BCUT2D eigenvalue weighted by Gasteiger charge is 2.04. The van der Waals surface area contributed by atoms with Crippen LogP contribution in [-0.2, 0) is 16.0 Å². The number of nitrogens with zero attached hydrogens (tertiary/aromatic N) is 2. The first kappa shape index (κ1) is 16.0. The summed E-state index contributed by atoms with van der Waals surface area (Å²) in [6, 6.07) is 0. The standard InChI is InChI=1S/C14H27N3O2/c1-4-19-11-7-8-15-14-16-13(2)12-17(14)9-5-6-10-18-3/h12H,4-11H2,1-3H3,(H,15,16). The molecule has 0 fully saturated rings. The summed E-state index contributed by atoms with van der Waals surface area (Å²) in [6.45, 7) is 8.34. The summed E-state index contributed by atoms with van der Waals surface area (Å²) in [5.41, 5.74) is 1.05.